The summed E-state index contributed by atoms with van der Waals surface area (Å²) in [7, 11) is 1.68. The SMILES string of the molecule is COc1ccc(COC/C(C)=C/CC[C@@H](C)/C(I)=C/CBr)cc1. The maximum absolute atomic E-state index is 5.77. The van der Waals surface area contributed by atoms with Crippen LogP contribution in [-0.2, 0) is 11.3 Å². The molecule has 0 radical (unpaired) electrons. The molecule has 2 nitrogen and oxygen atoms in total. The Kier molecular flexibility index (Phi) is 10.9. The molecule has 128 valence electrons. The van der Waals surface area contributed by atoms with Gasteiger partial charge in [0.15, 0.2) is 0 Å². The smallest absolute Gasteiger partial charge is 0.118 e. The second-order valence-electron chi connectivity index (χ2n) is 5.61. The lowest BCUT2D eigenvalue weighted by atomic mass is 10.0. The zero-order valence-electron chi connectivity index (χ0n) is 14.1. The van der Waals surface area contributed by atoms with Crippen molar-refractivity contribution in [3.63, 3.8) is 0 Å². The summed E-state index contributed by atoms with van der Waals surface area (Å²) in [5.41, 5.74) is 2.46. The van der Waals surface area contributed by atoms with E-state index in [9.17, 15) is 0 Å². The van der Waals surface area contributed by atoms with Gasteiger partial charge in [-0.05, 0) is 69.6 Å². The number of allylic oxidation sites excluding steroid dienone is 3. The summed E-state index contributed by atoms with van der Waals surface area (Å²) in [6.45, 7) is 5.74. The van der Waals surface area contributed by atoms with Crippen molar-refractivity contribution in [2.24, 2.45) is 5.92 Å². The molecule has 1 atom stereocenters. The van der Waals surface area contributed by atoms with Crippen LogP contribution in [0.5, 0.6) is 5.75 Å². The minimum Gasteiger partial charge on any atom is -0.497 e. The van der Waals surface area contributed by atoms with Crippen molar-refractivity contribution < 1.29 is 9.47 Å². The third-order valence-electron chi connectivity index (χ3n) is 3.59. The van der Waals surface area contributed by atoms with Gasteiger partial charge in [-0.15, -0.1) is 0 Å². The van der Waals surface area contributed by atoms with Crippen LogP contribution in [0.25, 0.3) is 0 Å². The Bertz CT molecular complexity index is 509. The van der Waals surface area contributed by atoms with Crippen LogP contribution >= 0.6 is 38.5 Å². The number of rotatable bonds is 10. The van der Waals surface area contributed by atoms with Gasteiger partial charge >= 0.3 is 0 Å². The first-order valence-electron chi connectivity index (χ1n) is 7.84. The predicted octanol–water partition coefficient (Wildman–Crippen LogP) is 6.29. The lowest BCUT2D eigenvalue weighted by Gasteiger charge is -2.10. The minimum absolute atomic E-state index is 0.623. The van der Waals surface area contributed by atoms with E-state index in [0.717, 1.165) is 17.5 Å². The van der Waals surface area contributed by atoms with Crippen molar-refractivity contribution >= 4 is 38.5 Å². The van der Waals surface area contributed by atoms with Crippen LogP contribution in [0.3, 0.4) is 0 Å². The number of hydrogen-bond acceptors (Lipinski definition) is 2. The fourth-order valence-electron chi connectivity index (χ4n) is 2.10. The van der Waals surface area contributed by atoms with Crippen LogP contribution in [0, 0.1) is 5.92 Å². The third-order valence-corrected chi connectivity index (χ3v) is 5.42. The molecule has 4 heteroatoms. The van der Waals surface area contributed by atoms with E-state index in [2.05, 4.69) is 64.5 Å². The molecule has 1 aromatic rings. The largest absolute Gasteiger partial charge is 0.497 e. The van der Waals surface area contributed by atoms with Gasteiger partial charge in [-0.25, -0.2) is 0 Å². The van der Waals surface area contributed by atoms with E-state index >= 15 is 0 Å². The van der Waals surface area contributed by atoms with Crippen LogP contribution in [0.1, 0.15) is 32.3 Å². The summed E-state index contributed by atoms with van der Waals surface area (Å²) in [6, 6.07) is 8.01. The molecule has 0 N–H and O–H groups in total. The van der Waals surface area contributed by atoms with Crippen molar-refractivity contribution in [1.82, 2.24) is 0 Å². The Morgan fingerprint density at radius 1 is 1.26 bits per heavy atom. The van der Waals surface area contributed by atoms with E-state index in [-0.39, 0.29) is 0 Å². The summed E-state index contributed by atoms with van der Waals surface area (Å²) in [4.78, 5) is 0. The summed E-state index contributed by atoms with van der Waals surface area (Å²) < 4.78 is 12.4. The van der Waals surface area contributed by atoms with Crippen LogP contribution in [0.4, 0.5) is 0 Å². The van der Waals surface area contributed by atoms with E-state index in [1.807, 2.05) is 24.3 Å². The molecule has 0 aromatic heterocycles. The topological polar surface area (TPSA) is 18.5 Å². The number of hydrogen-bond donors (Lipinski definition) is 0. The van der Waals surface area contributed by atoms with E-state index in [4.69, 9.17) is 9.47 Å². The first-order chi connectivity index (χ1) is 11.1. The van der Waals surface area contributed by atoms with Crippen LogP contribution in [0.2, 0.25) is 0 Å². The van der Waals surface area contributed by atoms with E-state index in [0.29, 0.717) is 19.1 Å². The molecule has 23 heavy (non-hydrogen) atoms. The Labute approximate surface area is 162 Å². The molecule has 0 saturated carbocycles. The zero-order chi connectivity index (χ0) is 17.1. The van der Waals surface area contributed by atoms with Crippen molar-refractivity contribution in [3.8, 4) is 5.75 Å². The predicted molar refractivity (Wildman–Crippen MR) is 111 cm³/mol. The molecular formula is C19H26BrIO2. The van der Waals surface area contributed by atoms with Gasteiger partial charge in [-0.2, -0.15) is 0 Å². The molecule has 1 rings (SSSR count). The number of halogens is 2. The Hall–Kier alpha value is -0.330. The van der Waals surface area contributed by atoms with Gasteiger partial charge in [0.25, 0.3) is 0 Å². The van der Waals surface area contributed by atoms with Crippen molar-refractivity contribution in [2.75, 3.05) is 19.0 Å². The number of benzene rings is 1. The fraction of sp³-hybridized carbons (Fsp3) is 0.474. The maximum atomic E-state index is 5.77. The zero-order valence-corrected chi connectivity index (χ0v) is 17.9. The summed E-state index contributed by atoms with van der Waals surface area (Å²) in [5.74, 6) is 1.50. The van der Waals surface area contributed by atoms with Gasteiger partial charge in [-0.1, -0.05) is 52.7 Å². The molecule has 0 aliphatic heterocycles. The van der Waals surface area contributed by atoms with Crippen molar-refractivity contribution in [3.05, 3.63) is 51.1 Å². The average Bonchev–Trinajstić information content (AvgIpc) is 2.55. The van der Waals surface area contributed by atoms with E-state index in [1.54, 1.807) is 7.11 Å². The Morgan fingerprint density at radius 3 is 2.57 bits per heavy atom. The molecule has 0 spiro atoms. The quantitative estimate of drug-likeness (QED) is 0.217. The maximum Gasteiger partial charge on any atom is 0.118 e. The minimum atomic E-state index is 0.623. The Morgan fingerprint density at radius 2 is 1.96 bits per heavy atom. The summed E-state index contributed by atoms with van der Waals surface area (Å²) >= 11 is 5.88. The van der Waals surface area contributed by atoms with Gasteiger partial charge in [0.05, 0.1) is 20.3 Å². The highest BCUT2D eigenvalue weighted by Gasteiger charge is 2.04. The fourth-order valence-corrected chi connectivity index (χ4v) is 3.59. The van der Waals surface area contributed by atoms with E-state index < -0.39 is 0 Å². The molecule has 0 aliphatic rings. The van der Waals surface area contributed by atoms with Crippen LogP contribution in [0.15, 0.2) is 45.6 Å². The third kappa shape index (κ3) is 8.91. The molecule has 0 unspecified atom stereocenters. The molecule has 0 fully saturated rings. The van der Waals surface area contributed by atoms with Crippen molar-refractivity contribution in [1.29, 1.82) is 0 Å². The van der Waals surface area contributed by atoms with Gasteiger partial charge < -0.3 is 9.47 Å². The summed E-state index contributed by atoms with van der Waals surface area (Å²) in [5, 5.41) is 0.934. The van der Waals surface area contributed by atoms with Gasteiger partial charge in [0.1, 0.15) is 5.75 Å². The molecule has 0 bridgehead atoms. The molecule has 0 aliphatic carbocycles. The second kappa shape index (κ2) is 12.1. The number of ether oxygens (including phenoxy) is 2. The standard InChI is InChI=1S/C19H26BrIO2/c1-15(5-4-6-16(2)19(21)11-12-20)13-23-14-17-7-9-18(22-3)10-8-17/h5,7-11,16H,4,6,12-14H2,1-3H3/b15-5+,19-11-/t16-/m1/s1. The van der Waals surface area contributed by atoms with Gasteiger partial charge in [-0.3, -0.25) is 0 Å². The second-order valence-corrected chi connectivity index (χ2v) is 7.51. The Balaban J connectivity index is 2.27. The number of methoxy groups -OCH3 is 1. The van der Waals surface area contributed by atoms with Crippen LogP contribution < -0.4 is 4.74 Å². The molecule has 0 saturated heterocycles. The first kappa shape index (κ1) is 20.7. The number of alkyl halides is 1. The van der Waals surface area contributed by atoms with Gasteiger partial charge in [0, 0.05) is 5.33 Å². The molecular weight excluding hydrogens is 467 g/mol. The van der Waals surface area contributed by atoms with Crippen LogP contribution in [-0.4, -0.2) is 19.0 Å². The molecule has 0 amide bonds. The highest BCUT2D eigenvalue weighted by Crippen LogP contribution is 2.23. The first-order valence-corrected chi connectivity index (χ1v) is 10.0. The van der Waals surface area contributed by atoms with Gasteiger partial charge in [0.2, 0.25) is 0 Å². The van der Waals surface area contributed by atoms with E-state index in [1.165, 1.54) is 21.1 Å². The lowest BCUT2D eigenvalue weighted by molar-refractivity contribution is 0.142. The van der Waals surface area contributed by atoms with Crippen molar-refractivity contribution in [2.45, 2.75) is 33.3 Å². The average molecular weight is 493 g/mol. The highest BCUT2D eigenvalue weighted by atomic mass is 127. The molecule has 1 aromatic carbocycles. The summed E-state index contributed by atoms with van der Waals surface area (Å²) in [6.07, 6.45) is 6.81. The monoisotopic (exact) mass is 492 g/mol. The molecule has 0 heterocycles. The normalized spacial score (nSPS) is 14.0. The highest BCUT2D eigenvalue weighted by molar-refractivity contribution is 14.1. The lowest BCUT2D eigenvalue weighted by Crippen LogP contribution is -1.98.